The molecule has 122 valence electrons. The van der Waals surface area contributed by atoms with Crippen molar-refractivity contribution < 1.29 is 27.8 Å². The first-order valence-corrected chi connectivity index (χ1v) is 7.12. The molecule has 0 saturated carbocycles. The summed E-state index contributed by atoms with van der Waals surface area (Å²) in [5, 5.41) is 9.24. The molecule has 0 bridgehead atoms. The Bertz CT molecular complexity index is 727. The quantitative estimate of drug-likeness (QED) is 0.814. The Morgan fingerprint density at radius 2 is 2.13 bits per heavy atom. The molecule has 0 spiro atoms. The van der Waals surface area contributed by atoms with Crippen LogP contribution in [0, 0.1) is 11.8 Å². The van der Waals surface area contributed by atoms with Crippen LogP contribution >= 0.6 is 11.6 Å². The number of halogens is 4. The van der Waals surface area contributed by atoms with Crippen molar-refractivity contribution >= 4 is 23.6 Å². The highest BCUT2D eigenvalue weighted by Gasteiger charge is 2.48. The van der Waals surface area contributed by atoms with Gasteiger partial charge in [-0.05, 0) is 24.6 Å². The van der Waals surface area contributed by atoms with Crippen LogP contribution in [0.4, 0.5) is 13.2 Å². The van der Waals surface area contributed by atoms with Crippen LogP contribution in [-0.4, -0.2) is 23.4 Å². The molecule has 2 rings (SSSR count). The Kier molecular flexibility index (Phi) is 4.90. The zero-order chi connectivity index (χ0) is 17.2. The maximum absolute atomic E-state index is 13.1. The van der Waals surface area contributed by atoms with Crippen molar-refractivity contribution in [1.29, 1.82) is 0 Å². The number of ether oxygens (including phenoxy) is 1. The lowest BCUT2D eigenvalue weighted by Gasteiger charge is -2.27. The third kappa shape index (κ3) is 3.80. The van der Waals surface area contributed by atoms with Crippen LogP contribution in [0.1, 0.15) is 30.9 Å². The Balaban J connectivity index is 2.59. The van der Waals surface area contributed by atoms with Crippen molar-refractivity contribution in [3.8, 4) is 17.6 Å². The maximum atomic E-state index is 13.1. The van der Waals surface area contributed by atoms with Crippen LogP contribution in [0.5, 0.6) is 5.75 Å². The van der Waals surface area contributed by atoms with Gasteiger partial charge >= 0.3 is 12.1 Å². The molecule has 0 aromatic heterocycles. The topological polar surface area (TPSA) is 46.5 Å². The smallest absolute Gasteiger partial charge is 0.430 e. The van der Waals surface area contributed by atoms with Crippen LogP contribution in [0.15, 0.2) is 17.7 Å². The van der Waals surface area contributed by atoms with E-state index >= 15 is 0 Å². The molecule has 1 aromatic carbocycles. The first-order valence-electron chi connectivity index (χ1n) is 6.74. The minimum Gasteiger partial charge on any atom is -0.478 e. The van der Waals surface area contributed by atoms with E-state index in [0.29, 0.717) is 6.42 Å². The number of aliphatic carboxylic acids is 1. The third-order valence-electron chi connectivity index (χ3n) is 3.05. The predicted molar refractivity (Wildman–Crippen MR) is 79.3 cm³/mol. The molecule has 0 fully saturated rings. The number of benzene rings is 1. The van der Waals surface area contributed by atoms with Crippen molar-refractivity contribution in [3.05, 3.63) is 33.9 Å². The highest BCUT2D eigenvalue weighted by molar-refractivity contribution is 6.31. The first-order chi connectivity index (χ1) is 10.7. The average molecular weight is 345 g/mol. The fraction of sp³-hybridized carbons (Fsp3) is 0.312. The van der Waals surface area contributed by atoms with E-state index < -0.39 is 23.8 Å². The number of carboxylic acid groups (broad SMARTS) is 1. The van der Waals surface area contributed by atoms with Crippen molar-refractivity contribution in [2.75, 3.05) is 0 Å². The van der Waals surface area contributed by atoms with Crippen LogP contribution in [0.2, 0.25) is 5.02 Å². The first kappa shape index (κ1) is 17.2. The van der Waals surface area contributed by atoms with Crippen LogP contribution in [0.3, 0.4) is 0 Å². The summed E-state index contributed by atoms with van der Waals surface area (Å²) in [6.45, 7) is 1.92. The van der Waals surface area contributed by atoms with Crippen molar-refractivity contribution in [3.63, 3.8) is 0 Å². The zero-order valence-corrected chi connectivity index (χ0v) is 12.8. The monoisotopic (exact) mass is 344 g/mol. The molecule has 0 amide bonds. The summed E-state index contributed by atoms with van der Waals surface area (Å²) in [6, 6.07) is 2.74. The fourth-order valence-corrected chi connectivity index (χ4v) is 2.30. The second-order valence-electron chi connectivity index (χ2n) is 4.87. The van der Waals surface area contributed by atoms with Gasteiger partial charge in [-0.15, -0.1) is 0 Å². The summed E-state index contributed by atoms with van der Waals surface area (Å²) in [5.74, 6) is 3.73. The van der Waals surface area contributed by atoms with Gasteiger partial charge in [0.2, 0.25) is 6.10 Å². The van der Waals surface area contributed by atoms with Gasteiger partial charge in [-0.3, -0.25) is 0 Å². The molecule has 1 atom stereocenters. The normalized spacial score (nSPS) is 16.6. The highest BCUT2D eigenvalue weighted by atomic mass is 35.5. The molecular formula is C16H12ClF3O3. The lowest BCUT2D eigenvalue weighted by molar-refractivity contribution is -0.187. The standard InChI is InChI=1S/C16H12ClF3O3/c1-2-3-4-5-9-6-11(17)7-10-8-12(15(21)22)14(16(18,19)20)23-13(9)10/h6-8,14H,2-3H2,1H3,(H,21,22). The van der Waals surface area contributed by atoms with E-state index in [1.165, 1.54) is 12.1 Å². The van der Waals surface area contributed by atoms with E-state index in [9.17, 15) is 18.0 Å². The van der Waals surface area contributed by atoms with Gasteiger partial charge in [0.25, 0.3) is 0 Å². The molecule has 1 aromatic rings. The van der Waals surface area contributed by atoms with Crippen LogP contribution in [-0.2, 0) is 4.79 Å². The molecule has 23 heavy (non-hydrogen) atoms. The molecule has 1 N–H and O–H groups in total. The van der Waals surface area contributed by atoms with E-state index in [1.807, 2.05) is 6.92 Å². The molecule has 1 aliphatic heterocycles. The third-order valence-corrected chi connectivity index (χ3v) is 3.27. The van der Waals surface area contributed by atoms with Gasteiger partial charge < -0.3 is 9.84 Å². The van der Waals surface area contributed by atoms with E-state index in [0.717, 1.165) is 12.5 Å². The summed E-state index contributed by atoms with van der Waals surface area (Å²) in [5.41, 5.74) is -0.521. The van der Waals surface area contributed by atoms with Gasteiger partial charge in [0.05, 0.1) is 11.1 Å². The molecule has 0 radical (unpaired) electrons. The molecule has 0 saturated heterocycles. The fourth-order valence-electron chi connectivity index (χ4n) is 2.07. The summed E-state index contributed by atoms with van der Waals surface area (Å²) in [6.07, 6.45) is -5.10. The number of carboxylic acids is 1. The van der Waals surface area contributed by atoms with Gasteiger partial charge in [0.15, 0.2) is 0 Å². The lowest BCUT2D eigenvalue weighted by atomic mass is 9.99. The second kappa shape index (κ2) is 6.55. The summed E-state index contributed by atoms with van der Waals surface area (Å²) in [4.78, 5) is 11.1. The Hall–Kier alpha value is -2.13. The summed E-state index contributed by atoms with van der Waals surface area (Å²) < 4.78 is 44.2. The van der Waals surface area contributed by atoms with E-state index in [4.69, 9.17) is 21.4 Å². The van der Waals surface area contributed by atoms with Crippen molar-refractivity contribution in [1.82, 2.24) is 0 Å². The van der Waals surface area contributed by atoms with Crippen LogP contribution in [0.25, 0.3) is 6.08 Å². The maximum Gasteiger partial charge on any atom is 0.430 e. The number of hydrogen-bond acceptors (Lipinski definition) is 2. The Morgan fingerprint density at radius 3 is 2.70 bits per heavy atom. The number of alkyl halides is 3. The number of rotatable bonds is 2. The molecule has 1 heterocycles. The highest BCUT2D eigenvalue weighted by Crippen LogP contribution is 2.40. The van der Waals surface area contributed by atoms with E-state index in [2.05, 4.69) is 11.8 Å². The van der Waals surface area contributed by atoms with Crippen LogP contribution < -0.4 is 4.74 Å². The molecule has 1 aliphatic rings. The molecule has 3 nitrogen and oxygen atoms in total. The Morgan fingerprint density at radius 1 is 1.43 bits per heavy atom. The van der Waals surface area contributed by atoms with Gasteiger partial charge in [0, 0.05) is 17.0 Å². The molecule has 0 aliphatic carbocycles. The molecular weight excluding hydrogens is 333 g/mol. The van der Waals surface area contributed by atoms with E-state index in [-0.39, 0.29) is 21.9 Å². The Labute approximate surface area is 135 Å². The largest absolute Gasteiger partial charge is 0.478 e. The van der Waals surface area contributed by atoms with Gasteiger partial charge in [-0.2, -0.15) is 13.2 Å². The minimum atomic E-state index is -4.85. The number of unbranched alkanes of at least 4 members (excludes halogenated alkanes) is 1. The minimum absolute atomic E-state index is 0.106. The van der Waals surface area contributed by atoms with Gasteiger partial charge in [0.1, 0.15) is 5.75 Å². The molecule has 1 unspecified atom stereocenters. The van der Waals surface area contributed by atoms with Gasteiger partial charge in [-0.25, -0.2) is 4.79 Å². The van der Waals surface area contributed by atoms with E-state index in [1.54, 1.807) is 0 Å². The zero-order valence-electron chi connectivity index (χ0n) is 12.0. The average Bonchev–Trinajstić information content (AvgIpc) is 2.44. The number of fused-ring (bicyclic) bond motifs is 1. The summed E-state index contributed by atoms with van der Waals surface area (Å²) >= 11 is 5.93. The second-order valence-corrected chi connectivity index (χ2v) is 5.30. The predicted octanol–water partition coefficient (Wildman–Crippen LogP) is 4.28. The lowest BCUT2D eigenvalue weighted by Crippen LogP contribution is -2.40. The number of carbonyl (C=O) groups is 1. The van der Waals surface area contributed by atoms with Gasteiger partial charge in [-0.1, -0.05) is 30.4 Å². The molecule has 7 heteroatoms. The number of hydrogen-bond donors (Lipinski definition) is 1. The van der Waals surface area contributed by atoms with Crippen molar-refractivity contribution in [2.24, 2.45) is 0 Å². The SMILES string of the molecule is CCCC#Cc1cc(Cl)cc2c1OC(C(F)(F)F)C(C(=O)O)=C2. The summed E-state index contributed by atoms with van der Waals surface area (Å²) in [7, 11) is 0. The van der Waals surface area contributed by atoms with Crippen molar-refractivity contribution in [2.45, 2.75) is 32.0 Å².